The summed E-state index contributed by atoms with van der Waals surface area (Å²) in [5, 5.41) is 2.84. The van der Waals surface area contributed by atoms with E-state index in [0.29, 0.717) is 18.1 Å². The van der Waals surface area contributed by atoms with E-state index in [4.69, 9.17) is 9.47 Å². The smallest absolute Gasteiger partial charge is 0.264 e. The van der Waals surface area contributed by atoms with Gasteiger partial charge in [0.2, 0.25) is 11.8 Å². The van der Waals surface area contributed by atoms with Crippen molar-refractivity contribution in [1.29, 1.82) is 0 Å². The Labute approximate surface area is 250 Å². The summed E-state index contributed by atoms with van der Waals surface area (Å²) in [6.45, 7) is 7.16. The highest BCUT2D eigenvalue weighted by Gasteiger charge is 2.32. The Morgan fingerprint density at radius 3 is 2.02 bits per heavy atom. The molecule has 0 aromatic heterocycles. The van der Waals surface area contributed by atoms with Gasteiger partial charge in [0.15, 0.2) is 0 Å². The number of anilines is 1. The Hall–Kier alpha value is -3.57. The number of nitrogens with zero attached hydrogens (tertiary/aromatic N) is 2. The zero-order valence-corrected chi connectivity index (χ0v) is 26.2. The molecule has 41 heavy (non-hydrogen) atoms. The molecule has 0 saturated carbocycles. The van der Waals surface area contributed by atoms with Crippen molar-refractivity contribution >= 4 is 43.5 Å². The van der Waals surface area contributed by atoms with Gasteiger partial charge in [0.05, 0.1) is 24.3 Å². The Bertz CT molecular complexity index is 1410. The van der Waals surface area contributed by atoms with Crippen LogP contribution in [0.3, 0.4) is 0 Å². The largest absolute Gasteiger partial charge is 0.497 e. The number of carbonyl (C=O) groups excluding carboxylic acids is 2. The van der Waals surface area contributed by atoms with Gasteiger partial charge in [0, 0.05) is 17.1 Å². The van der Waals surface area contributed by atoms with E-state index in [-0.39, 0.29) is 29.1 Å². The van der Waals surface area contributed by atoms with Crippen molar-refractivity contribution in [2.24, 2.45) is 0 Å². The zero-order valence-electron chi connectivity index (χ0n) is 23.8. The number of hydrogen-bond acceptors (Lipinski definition) is 6. The lowest BCUT2D eigenvalue weighted by Crippen LogP contribution is -2.52. The molecule has 0 bridgehead atoms. The van der Waals surface area contributed by atoms with E-state index in [1.807, 2.05) is 20.8 Å². The molecule has 11 heteroatoms. The first-order valence-electron chi connectivity index (χ1n) is 13.2. The predicted molar refractivity (Wildman–Crippen MR) is 163 cm³/mol. The quantitative estimate of drug-likeness (QED) is 0.281. The number of hydrogen-bond donors (Lipinski definition) is 1. The van der Waals surface area contributed by atoms with Gasteiger partial charge in [-0.1, -0.05) is 28.1 Å². The van der Waals surface area contributed by atoms with E-state index in [9.17, 15) is 18.0 Å². The number of benzene rings is 3. The van der Waals surface area contributed by atoms with Crippen LogP contribution in [0.25, 0.3) is 0 Å². The minimum atomic E-state index is -4.16. The van der Waals surface area contributed by atoms with E-state index in [1.165, 1.54) is 17.0 Å². The molecule has 220 valence electrons. The molecule has 0 fully saturated rings. The van der Waals surface area contributed by atoms with E-state index < -0.39 is 28.5 Å². The third-order valence-corrected chi connectivity index (χ3v) is 8.54. The molecule has 3 aromatic rings. The minimum absolute atomic E-state index is 0.0229. The van der Waals surface area contributed by atoms with Crippen molar-refractivity contribution in [3.63, 3.8) is 0 Å². The fourth-order valence-electron chi connectivity index (χ4n) is 4.05. The van der Waals surface area contributed by atoms with Crippen molar-refractivity contribution in [2.45, 2.75) is 51.2 Å². The van der Waals surface area contributed by atoms with Gasteiger partial charge in [0.1, 0.15) is 24.1 Å². The molecule has 1 atom stereocenters. The van der Waals surface area contributed by atoms with Crippen molar-refractivity contribution < 1.29 is 27.5 Å². The zero-order chi connectivity index (χ0) is 30.2. The molecule has 0 radical (unpaired) electrons. The van der Waals surface area contributed by atoms with E-state index in [0.717, 1.165) is 14.3 Å². The van der Waals surface area contributed by atoms with Gasteiger partial charge in [-0.2, -0.15) is 0 Å². The van der Waals surface area contributed by atoms with Crippen LogP contribution in [0.5, 0.6) is 11.5 Å². The highest BCUT2D eigenvalue weighted by molar-refractivity contribution is 9.10. The van der Waals surface area contributed by atoms with Crippen molar-refractivity contribution in [1.82, 2.24) is 10.2 Å². The molecule has 2 amide bonds. The van der Waals surface area contributed by atoms with Crippen LogP contribution in [0, 0.1) is 0 Å². The minimum Gasteiger partial charge on any atom is -0.497 e. The van der Waals surface area contributed by atoms with E-state index >= 15 is 0 Å². The summed E-state index contributed by atoms with van der Waals surface area (Å²) in [7, 11) is -2.60. The third-order valence-electron chi connectivity index (χ3n) is 6.23. The Morgan fingerprint density at radius 2 is 1.49 bits per heavy atom. The lowest BCUT2D eigenvalue weighted by molar-refractivity contribution is -0.139. The fraction of sp³-hybridized carbons (Fsp3) is 0.333. The molecule has 3 rings (SSSR count). The molecule has 0 aliphatic carbocycles. The topological polar surface area (TPSA) is 105 Å². The van der Waals surface area contributed by atoms with Gasteiger partial charge >= 0.3 is 0 Å². The van der Waals surface area contributed by atoms with Crippen LogP contribution in [0.1, 0.15) is 33.3 Å². The summed E-state index contributed by atoms with van der Waals surface area (Å²) < 4.78 is 40.3. The lowest BCUT2D eigenvalue weighted by Gasteiger charge is -2.32. The molecule has 0 heterocycles. The van der Waals surface area contributed by atoms with Gasteiger partial charge in [-0.3, -0.25) is 13.9 Å². The maximum Gasteiger partial charge on any atom is 0.264 e. The molecule has 0 unspecified atom stereocenters. The molecule has 0 aliphatic rings. The number of ether oxygens (including phenoxy) is 2. The van der Waals surface area contributed by atoms with Gasteiger partial charge in [-0.05, 0) is 93.9 Å². The van der Waals surface area contributed by atoms with Gasteiger partial charge in [-0.15, -0.1) is 0 Å². The lowest BCUT2D eigenvalue weighted by atomic mass is 10.1. The summed E-state index contributed by atoms with van der Waals surface area (Å²) in [6, 6.07) is 18.8. The summed E-state index contributed by atoms with van der Waals surface area (Å²) >= 11 is 3.33. The highest BCUT2D eigenvalue weighted by Crippen LogP contribution is 2.27. The molecule has 3 aromatic carbocycles. The number of methoxy groups -OCH3 is 1. The molecule has 0 spiro atoms. The highest BCUT2D eigenvalue weighted by atomic mass is 79.9. The van der Waals surface area contributed by atoms with Gasteiger partial charge < -0.3 is 19.7 Å². The monoisotopic (exact) mass is 645 g/mol. The number of amides is 2. The van der Waals surface area contributed by atoms with E-state index in [2.05, 4.69) is 21.2 Å². The maximum atomic E-state index is 14.0. The van der Waals surface area contributed by atoms with E-state index in [1.54, 1.807) is 74.7 Å². The second-order valence-electron chi connectivity index (χ2n) is 9.60. The number of sulfonamides is 1. The predicted octanol–water partition coefficient (Wildman–Crippen LogP) is 4.99. The Kier molecular flexibility index (Phi) is 11.2. The Morgan fingerprint density at radius 1 is 0.902 bits per heavy atom. The number of nitrogens with one attached hydrogen (secondary N) is 1. The standard InChI is InChI=1S/C30H36BrN3O6S/c1-6-40-27-15-11-25(12-16-27)34(41(37,38)28-17-9-24(31)10-18-28)20-29(35)33(22(4)30(36)32-21(2)3)19-23-7-13-26(39-5)14-8-23/h7-18,21-22H,6,19-20H2,1-5H3,(H,32,36)/t22-/m0/s1. The molecular formula is C30H36BrN3O6S. The van der Waals surface area contributed by atoms with Crippen molar-refractivity contribution in [2.75, 3.05) is 24.6 Å². The fourth-order valence-corrected chi connectivity index (χ4v) is 5.73. The number of halogens is 1. The van der Waals surface area contributed by atoms with Crippen LogP contribution in [0.15, 0.2) is 82.2 Å². The van der Waals surface area contributed by atoms with Crippen LogP contribution >= 0.6 is 15.9 Å². The summed E-state index contributed by atoms with van der Waals surface area (Å²) in [4.78, 5) is 28.4. The van der Waals surface area contributed by atoms with Gasteiger partial charge in [0.25, 0.3) is 10.0 Å². The van der Waals surface area contributed by atoms with Crippen molar-refractivity contribution in [3.8, 4) is 11.5 Å². The van der Waals surface area contributed by atoms with Crippen LogP contribution in [-0.2, 0) is 26.2 Å². The summed E-state index contributed by atoms with van der Waals surface area (Å²) in [6.07, 6.45) is 0. The average Bonchev–Trinajstić information content (AvgIpc) is 2.95. The van der Waals surface area contributed by atoms with Crippen LogP contribution in [0.4, 0.5) is 5.69 Å². The first-order valence-corrected chi connectivity index (χ1v) is 15.4. The molecular weight excluding hydrogens is 610 g/mol. The molecule has 0 saturated heterocycles. The first kappa shape index (κ1) is 32.0. The van der Waals surface area contributed by atoms with Crippen molar-refractivity contribution in [3.05, 3.63) is 82.8 Å². The van der Waals surface area contributed by atoms with Gasteiger partial charge in [-0.25, -0.2) is 8.42 Å². The SMILES string of the molecule is CCOc1ccc(N(CC(=O)N(Cc2ccc(OC)cc2)[C@@H](C)C(=O)NC(C)C)S(=O)(=O)c2ccc(Br)cc2)cc1. The second-order valence-corrected chi connectivity index (χ2v) is 12.4. The molecule has 9 nitrogen and oxygen atoms in total. The number of rotatable bonds is 13. The third kappa shape index (κ3) is 8.46. The average molecular weight is 647 g/mol. The second kappa shape index (κ2) is 14.4. The van der Waals surface area contributed by atoms with Crippen LogP contribution in [0.2, 0.25) is 0 Å². The number of carbonyl (C=O) groups is 2. The van der Waals surface area contributed by atoms with Crippen LogP contribution in [-0.4, -0.2) is 57.5 Å². The first-order chi connectivity index (χ1) is 19.5. The molecule has 1 N–H and O–H groups in total. The maximum absolute atomic E-state index is 14.0. The summed E-state index contributed by atoms with van der Waals surface area (Å²) in [5.74, 6) is 0.343. The summed E-state index contributed by atoms with van der Waals surface area (Å²) in [5.41, 5.74) is 1.04. The normalized spacial score (nSPS) is 12.0. The Balaban J connectivity index is 2.02. The molecule has 0 aliphatic heterocycles. The van der Waals surface area contributed by atoms with Crippen LogP contribution < -0.4 is 19.1 Å².